The number of carboxylic acids is 1. The molecule has 1 saturated carbocycles. The molecular weight excluding hydrogens is 246 g/mol. The fourth-order valence-electron chi connectivity index (χ4n) is 1.92. The molecule has 1 N–H and O–H groups in total. The largest absolute Gasteiger partial charge is 0.477 e. The number of carboxylic acid groups (broad SMARTS) is 1. The lowest BCUT2D eigenvalue weighted by Crippen LogP contribution is -1.97. The second-order valence-corrected chi connectivity index (χ2v) is 5.93. The molecule has 1 aromatic heterocycles. The summed E-state index contributed by atoms with van der Waals surface area (Å²) in [7, 11) is 0. The van der Waals surface area contributed by atoms with Gasteiger partial charge in [-0.25, -0.2) is 9.78 Å². The first-order chi connectivity index (χ1) is 8.60. The van der Waals surface area contributed by atoms with Crippen molar-refractivity contribution in [1.29, 1.82) is 0 Å². The minimum absolute atomic E-state index is 0.113. The number of hydrogen-bond donors (Lipinski definition) is 1. The van der Waals surface area contributed by atoms with Gasteiger partial charge < -0.3 is 5.11 Å². The van der Waals surface area contributed by atoms with E-state index in [1.165, 1.54) is 11.3 Å². The Balaban J connectivity index is 2.13. The lowest BCUT2D eigenvalue weighted by molar-refractivity contribution is 0.0702. The van der Waals surface area contributed by atoms with Crippen LogP contribution < -0.4 is 0 Å². The molecule has 0 atom stereocenters. The van der Waals surface area contributed by atoms with Gasteiger partial charge in [0.25, 0.3) is 0 Å². The summed E-state index contributed by atoms with van der Waals surface area (Å²) in [5, 5.41) is 10.3. The van der Waals surface area contributed by atoms with E-state index < -0.39 is 5.97 Å². The Bertz CT molecular complexity index is 600. The Hall–Kier alpha value is -1.68. The quantitative estimate of drug-likeness (QED) is 0.916. The first-order valence-electron chi connectivity index (χ1n) is 5.90. The highest BCUT2D eigenvalue weighted by Crippen LogP contribution is 2.50. The van der Waals surface area contributed by atoms with E-state index in [0.717, 1.165) is 23.4 Å². The molecule has 1 heterocycles. The maximum Gasteiger partial charge on any atom is 0.348 e. The zero-order valence-corrected chi connectivity index (χ0v) is 10.8. The Kier molecular flexibility index (Phi) is 2.48. The van der Waals surface area contributed by atoms with Crippen molar-refractivity contribution >= 4 is 17.3 Å². The predicted octanol–water partition coefficient (Wildman–Crippen LogP) is 3.56. The zero-order chi connectivity index (χ0) is 12.8. The van der Waals surface area contributed by atoms with Gasteiger partial charge in [-0.15, -0.1) is 11.3 Å². The third-order valence-electron chi connectivity index (χ3n) is 3.38. The summed E-state index contributed by atoms with van der Waals surface area (Å²) in [5.74, 6) is -0.887. The van der Waals surface area contributed by atoms with Crippen molar-refractivity contribution in [3.63, 3.8) is 0 Å². The van der Waals surface area contributed by atoms with E-state index in [9.17, 15) is 9.90 Å². The van der Waals surface area contributed by atoms with Crippen molar-refractivity contribution in [3.8, 4) is 11.3 Å². The standard InChI is InChI=1S/C14H13NO2S/c1-14(7-8-14)13-15-10(11(18-13)12(16)17)9-5-3-2-4-6-9/h2-6H,7-8H2,1H3,(H,16,17). The molecule has 3 rings (SSSR count). The van der Waals surface area contributed by atoms with Gasteiger partial charge in [-0.3, -0.25) is 0 Å². The highest BCUT2D eigenvalue weighted by molar-refractivity contribution is 7.14. The van der Waals surface area contributed by atoms with Crippen LogP contribution in [-0.2, 0) is 5.41 Å². The van der Waals surface area contributed by atoms with Crippen LogP contribution in [0.5, 0.6) is 0 Å². The van der Waals surface area contributed by atoms with E-state index in [1.54, 1.807) is 0 Å². The molecule has 0 amide bonds. The Morgan fingerprint density at radius 3 is 2.56 bits per heavy atom. The van der Waals surface area contributed by atoms with Crippen molar-refractivity contribution in [2.24, 2.45) is 0 Å². The number of hydrogen-bond acceptors (Lipinski definition) is 3. The van der Waals surface area contributed by atoms with Crippen LogP contribution >= 0.6 is 11.3 Å². The number of rotatable bonds is 3. The highest BCUT2D eigenvalue weighted by Gasteiger charge is 2.43. The summed E-state index contributed by atoms with van der Waals surface area (Å²) in [6.07, 6.45) is 2.21. The molecule has 1 aliphatic carbocycles. The molecule has 92 valence electrons. The normalized spacial score (nSPS) is 16.5. The first-order valence-corrected chi connectivity index (χ1v) is 6.72. The van der Waals surface area contributed by atoms with Crippen molar-refractivity contribution in [3.05, 3.63) is 40.2 Å². The Morgan fingerprint density at radius 1 is 1.33 bits per heavy atom. The first kappa shape index (κ1) is 11.4. The highest BCUT2D eigenvalue weighted by atomic mass is 32.1. The van der Waals surface area contributed by atoms with Crippen LogP contribution in [-0.4, -0.2) is 16.1 Å². The predicted molar refractivity (Wildman–Crippen MR) is 71.1 cm³/mol. The zero-order valence-electron chi connectivity index (χ0n) is 10.0. The Labute approximate surface area is 109 Å². The summed E-state index contributed by atoms with van der Waals surface area (Å²) in [4.78, 5) is 16.3. The summed E-state index contributed by atoms with van der Waals surface area (Å²) < 4.78 is 0. The lowest BCUT2D eigenvalue weighted by Gasteiger charge is -2.00. The molecule has 3 nitrogen and oxygen atoms in total. The molecule has 0 saturated heterocycles. The Morgan fingerprint density at radius 2 is 2.00 bits per heavy atom. The van der Waals surface area contributed by atoms with Gasteiger partial charge in [0.05, 0.1) is 5.69 Å². The molecule has 1 aromatic carbocycles. The van der Waals surface area contributed by atoms with E-state index in [0.29, 0.717) is 10.6 Å². The average molecular weight is 259 g/mol. The fraction of sp³-hybridized carbons (Fsp3) is 0.286. The van der Waals surface area contributed by atoms with Gasteiger partial charge in [0, 0.05) is 11.0 Å². The SMILES string of the molecule is CC1(c2nc(-c3ccccc3)c(C(=O)O)s2)CC1. The molecule has 1 aliphatic rings. The van der Waals surface area contributed by atoms with Gasteiger partial charge in [-0.05, 0) is 12.8 Å². The summed E-state index contributed by atoms with van der Waals surface area (Å²) in [6.45, 7) is 2.15. The molecule has 0 bridgehead atoms. The van der Waals surface area contributed by atoms with Gasteiger partial charge in [0.2, 0.25) is 0 Å². The van der Waals surface area contributed by atoms with E-state index in [2.05, 4.69) is 11.9 Å². The number of thiazole rings is 1. The van der Waals surface area contributed by atoms with Crippen molar-refractivity contribution < 1.29 is 9.90 Å². The molecule has 0 unspecified atom stereocenters. The second-order valence-electron chi connectivity index (χ2n) is 4.93. The molecule has 0 spiro atoms. The van der Waals surface area contributed by atoms with Gasteiger partial charge in [0.15, 0.2) is 0 Å². The van der Waals surface area contributed by atoms with Crippen LogP contribution in [0.25, 0.3) is 11.3 Å². The smallest absolute Gasteiger partial charge is 0.348 e. The van der Waals surface area contributed by atoms with E-state index in [-0.39, 0.29) is 5.41 Å². The number of benzene rings is 1. The van der Waals surface area contributed by atoms with Crippen LogP contribution in [0.2, 0.25) is 0 Å². The molecule has 18 heavy (non-hydrogen) atoms. The minimum Gasteiger partial charge on any atom is -0.477 e. The van der Waals surface area contributed by atoms with Gasteiger partial charge in [0.1, 0.15) is 9.88 Å². The van der Waals surface area contributed by atoms with Crippen LogP contribution in [0.3, 0.4) is 0 Å². The summed E-state index contributed by atoms with van der Waals surface area (Å²) in [5.41, 5.74) is 1.60. The van der Waals surface area contributed by atoms with Gasteiger partial charge in [-0.2, -0.15) is 0 Å². The van der Waals surface area contributed by atoms with Crippen molar-refractivity contribution in [2.45, 2.75) is 25.2 Å². The van der Waals surface area contributed by atoms with Crippen LogP contribution in [0.15, 0.2) is 30.3 Å². The minimum atomic E-state index is -0.887. The molecule has 1 fully saturated rings. The summed E-state index contributed by atoms with van der Waals surface area (Å²) >= 11 is 1.32. The monoisotopic (exact) mass is 259 g/mol. The van der Waals surface area contributed by atoms with Crippen molar-refractivity contribution in [1.82, 2.24) is 4.98 Å². The third kappa shape index (κ3) is 1.82. The van der Waals surface area contributed by atoms with Gasteiger partial charge >= 0.3 is 5.97 Å². The lowest BCUT2D eigenvalue weighted by atomic mass is 10.1. The van der Waals surface area contributed by atoms with E-state index >= 15 is 0 Å². The number of carbonyl (C=O) groups is 1. The van der Waals surface area contributed by atoms with Crippen molar-refractivity contribution in [2.75, 3.05) is 0 Å². The molecule has 0 aliphatic heterocycles. The molecule has 0 radical (unpaired) electrons. The average Bonchev–Trinajstić information content (AvgIpc) is 2.96. The third-order valence-corrected chi connectivity index (χ3v) is 4.73. The maximum absolute atomic E-state index is 11.3. The van der Waals surface area contributed by atoms with Crippen LogP contribution in [0.1, 0.15) is 34.4 Å². The van der Waals surface area contributed by atoms with Gasteiger partial charge in [-0.1, -0.05) is 37.3 Å². The summed E-state index contributed by atoms with van der Waals surface area (Å²) in [6, 6.07) is 9.53. The topological polar surface area (TPSA) is 50.2 Å². The van der Waals surface area contributed by atoms with E-state index in [4.69, 9.17) is 0 Å². The molecule has 2 aromatic rings. The number of aromatic carboxylic acids is 1. The molecular formula is C14H13NO2S. The maximum atomic E-state index is 11.3. The van der Waals surface area contributed by atoms with Crippen LogP contribution in [0.4, 0.5) is 0 Å². The van der Waals surface area contributed by atoms with Crippen LogP contribution in [0, 0.1) is 0 Å². The fourth-order valence-corrected chi connectivity index (χ4v) is 3.04. The van der Waals surface area contributed by atoms with E-state index in [1.807, 2.05) is 30.3 Å². The number of aromatic nitrogens is 1. The molecule has 4 heteroatoms. The second kappa shape index (κ2) is 3.92. The number of nitrogens with zero attached hydrogens (tertiary/aromatic N) is 1.